The van der Waals surface area contributed by atoms with Gasteiger partial charge in [-0.2, -0.15) is 0 Å². The first-order chi connectivity index (χ1) is 9.29. The van der Waals surface area contributed by atoms with Crippen molar-refractivity contribution in [3.63, 3.8) is 0 Å². The second kappa shape index (κ2) is 6.20. The van der Waals surface area contributed by atoms with E-state index in [-0.39, 0.29) is 22.0 Å². The van der Waals surface area contributed by atoms with Crippen molar-refractivity contribution in [1.82, 2.24) is 10.0 Å². The van der Waals surface area contributed by atoms with Gasteiger partial charge in [0.1, 0.15) is 4.90 Å². The first kappa shape index (κ1) is 16.0. The van der Waals surface area contributed by atoms with E-state index >= 15 is 0 Å². The van der Waals surface area contributed by atoms with Gasteiger partial charge in [0.05, 0.1) is 5.02 Å². The van der Waals surface area contributed by atoms with Crippen molar-refractivity contribution < 1.29 is 8.42 Å². The van der Waals surface area contributed by atoms with Crippen LogP contribution in [0.5, 0.6) is 0 Å². The summed E-state index contributed by atoms with van der Waals surface area (Å²) in [7, 11) is -3.57. The molecule has 0 aromatic heterocycles. The SMILES string of the molecule is CC(C)NCc1cc(S(=O)(=O)NC2CC2)c(Cl)cc1Cl. The Balaban J connectivity index is 2.29. The molecule has 1 fully saturated rings. The minimum atomic E-state index is -3.57. The molecule has 0 bridgehead atoms. The Labute approximate surface area is 129 Å². The van der Waals surface area contributed by atoms with E-state index in [0.717, 1.165) is 18.4 Å². The largest absolute Gasteiger partial charge is 0.310 e. The second-order valence-electron chi connectivity index (χ2n) is 5.31. The van der Waals surface area contributed by atoms with E-state index in [2.05, 4.69) is 10.0 Å². The number of nitrogens with one attached hydrogen (secondary N) is 2. The summed E-state index contributed by atoms with van der Waals surface area (Å²) in [6, 6.07) is 3.36. The van der Waals surface area contributed by atoms with E-state index in [1.807, 2.05) is 13.8 Å². The molecule has 1 aliphatic carbocycles. The minimum Gasteiger partial charge on any atom is -0.310 e. The predicted octanol–water partition coefficient (Wildman–Crippen LogP) is 2.93. The predicted molar refractivity (Wildman–Crippen MR) is 81.8 cm³/mol. The molecule has 0 aliphatic heterocycles. The molecule has 4 nitrogen and oxygen atoms in total. The molecule has 1 aromatic rings. The van der Waals surface area contributed by atoms with Gasteiger partial charge in [-0.3, -0.25) is 0 Å². The molecule has 0 amide bonds. The molecule has 2 rings (SSSR count). The summed E-state index contributed by atoms with van der Waals surface area (Å²) in [4.78, 5) is 0.0935. The van der Waals surface area contributed by atoms with E-state index in [4.69, 9.17) is 23.2 Å². The third-order valence-electron chi connectivity index (χ3n) is 2.99. The third kappa shape index (κ3) is 4.09. The van der Waals surface area contributed by atoms with Crippen LogP contribution < -0.4 is 10.0 Å². The lowest BCUT2D eigenvalue weighted by molar-refractivity contribution is 0.578. The number of hydrogen-bond acceptors (Lipinski definition) is 3. The van der Waals surface area contributed by atoms with E-state index < -0.39 is 10.0 Å². The molecule has 0 atom stereocenters. The van der Waals surface area contributed by atoms with Crippen molar-refractivity contribution in [3.8, 4) is 0 Å². The molecular formula is C13H18Cl2N2O2S. The second-order valence-corrected chi connectivity index (χ2v) is 7.80. The van der Waals surface area contributed by atoms with Crippen molar-refractivity contribution in [2.24, 2.45) is 0 Å². The highest BCUT2D eigenvalue weighted by atomic mass is 35.5. The van der Waals surface area contributed by atoms with E-state index in [1.165, 1.54) is 6.07 Å². The van der Waals surface area contributed by atoms with Crippen LogP contribution in [0.1, 0.15) is 32.3 Å². The van der Waals surface area contributed by atoms with Crippen LogP contribution in [0.15, 0.2) is 17.0 Å². The molecule has 20 heavy (non-hydrogen) atoms. The first-order valence-corrected chi connectivity index (χ1v) is 8.77. The zero-order valence-corrected chi connectivity index (χ0v) is 13.7. The third-order valence-corrected chi connectivity index (χ3v) is 5.33. The number of sulfonamides is 1. The molecule has 1 aromatic carbocycles. The Bertz CT molecular complexity index is 599. The Morgan fingerprint density at radius 3 is 2.45 bits per heavy atom. The summed E-state index contributed by atoms with van der Waals surface area (Å²) in [6.45, 7) is 4.52. The fourth-order valence-corrected chi connectivity index (χ4v) is 3.88. The lowest BCUT2D eigenvalue weighted by Gasteiger charge is -2.13. The summed E-state index contributed by atoms with van der Waals surface area (Å²) in [5.41, 5.74) is 0.723. The van der Waals surface area contributed by atoms with Gasteiger partial charge in [-0.05, 0) is 30.5 Å². The first-order valence-electron chi connectivity index (χ1n) is 6.53. The van der Waals surface area contributed by atoms with E-state index in [0.29, 0.717) is 11.6 Å². The summed E-state index contributed by atoms with van der Waals surface area (Å²) in [6.07, 6.45) is 1.76. The lowest BCUT2D eigenvalue weighted by atomic mass is 10.2. The minimum absolute atomic E-state index is 0.0454. The van der Waals surface area contributed by atoms with Crippen LogP contribution >= 0.6 is 23.2 Å². The summed E-state index contributed by atoms with van der Waals surface area (Å²) < 4.78 is 27.1. The van der Waals surface area contributed by atoms with Crippen LogP contribution in [-0.2, 0) is 16.6 Å². The van der Waals surface area contributed by atoms with Gasteiger partial charge >= 0.3 is 0 Å². The van der Waals surface area contributed by atoms with Crippen LogP contribution in [0, 0.1) is 0 Å². The number of rotatable bonds is 6. The van der Waals surface area contributed by atoms with Crippen molar-refractivity contribution >= 4 is 33.2 Å². The van der Waals surface area contributed by atoms with Gasteiger partial charge in [0.2, 0.25) is 10.0 Å². The molecule has 0 spiro atoms. The van der Waals surface area contributed by atoms with Gasteiger partial charge in [-0.15, -0.1) is 0 Å². The Kier molecular flexibility index (Phi) is 4.97. The van der Waals surface area contributed by atoms with Gasteiger partial charge in [0.15, 0.2) is 0 Å². The zero-order chi connectivity index (χ0) is 14.9. The number of halogens is 2. The zero-order valence-electron chi connectivity index (χ0n) is 11.4. The monoisotopic (exact) mass is 336 g/mol. The summed E-state index contributed by atoms with van der Waals surface area (Å²) in [5, 5.41) is 3.83. The molecule has 0 radical (unpaired) electrons. The average Bonchev–Trinajstić information content (AvgIpc) is 3.10. The fraction of sp³-hybridized carbons (Fsp3) is 0.538. The number of hydrogen-bond donors (Lipinski definition) is 2. The van der Waals surface area contributed by atoms with Crippen LogP contribution in [0.3, 0.4) is 0 Å². The number of benzene rings is 1. The highest BCUT2D eigenvalue weighted by Gasteiger charge is 2.29. The van der Waals surface area contributed by atoms with E-state index in [1.54, 1.807) is 6.07 Å². The molecular weight excluding hydrogens is 319 g/mol. The highest BCUT2D eigenvalue weighted by Crippen LogP contribution is 2.30. The van der Waals surface area contributed by atoms with Gasteiger partial charge in [0, 0.05) is 23.7 Å². The molecule has 2 N–H and O–H groups in total. The quantitative estimate of drug-likeness (QED) is 0.839. The molecule has 112 valence electrons. The van der Waals surface area contributed by atoms with Gasteiger partial charge in [0.25, 0.3) is 0 Å². The maximum absolute atomic E-state index is 12.2. The average molecular weight is 337 g/mol. The lowest BCUT2D eigenvalue weighted by Crippen LogP contribution is -2.26. The van der Waals surface area contributed by atoms with Crippen LogP contribution in [0.25, 0.3) is 0 Å². The Morgan fingerprint density at radius 2 is 1.90 bits per heavy atom. The van der Waals surface area contributed by atoms with Crippen molar-refractivity contribution in [1.29, 1.82) is 0 Å². The molecule has 1 saturated carbocycles. The fourth-order valence-electron chi connectivity index (χ4n) is 1.71. The van der Waals surface area contributed by atoms with Crippen molar-refractivity contribution in [2.75, 3.05) is 0 Å². The molecule has 0 saturated heterocycles. The molecule has 0 unspecified atom stereocenters. The normalized spacial score (nSPS) is 15.8. The highest BCUT2D eigenvalue weighted by molar-refractivity contribution is 7.89. The van der Waals surface area contributed by atoms with Gasteiger partial charge < -0.3 is 5.32 Å². The topological polar surface area (TPSA) is 58.2 Å². The van der Waals surface area contributed by atoms with Gasteiger partial charge in [-0.1, -0.05) is 37.0 Å². The molecule has 0 heterocycles. The van der Waals surface area contributed by atoms with E-state index in [9.17, 15) is 8.42 Å². The Morgan fingerprint density at radius 1 is 1.25 bits per heavy atom. The summed E-state index contributed by atoms with van der Waals surface area (Å²) >= 11 is 12.1. The van der Waals surface area contributed by atoms with Gasteiger partial charge in [-0.25, -0.2) is 13.1 Å². The summed E-state index contributed by atoms with van der Waals surface area (Å²) in [5.74, 6) is 0. The van der Waals surface area contributed by atoms with Crippen LogP contribution in [0.2, 0.25) is 10.0 Å². The van der Waals surface area contributed by atoms with Crippen molar-refractivity contribution in [3.05, 3.63) is 27.7 Å². The van der Waals surface area contributed by atoms with Crippen LogP contribution in [0.4, 0.5) is 0 Å². The molecule has 7 heteroatoms. The Hall–Kier alpha value is -0.330. The molecule has 1 aliphatic rings. The van der Waals surface area contributed by atoms with Crippen LogP contribution in [-0.4, -0.2) is 20.5 Å². The van der Waals surface area contributed by atoms with Crippen molar-refractivity contribution in [2.45, 2.75) is 50.2 Å². The smallest absolute Gasteiger partial charge is 0.242 e. The standard InChI is InChI=1S/C13H18Cl2N2O2S/c1-8(2)16-7-9-5-13(12(15)6-11(9)14)20(18,19)17-10-3-4-10/h5-6,8,10,16-17H,3-4,7H2,1-2H3. The maximum atomic E-state index is 12.2. The maximum Gasteiger partial charge on any atom is 0.242 e.